The Morgan fingerprint density at radius 3 is 1.74 bits per heavy atom. The second-order valence-electron chi connectivity index (χ2n) is 10.2. The number of amides is 1. The monoisotopic (exact) mass is 549 g/mol. The first-order valence-electron chi connectivity index (χ1n) is 13.3. The van der Waals surface area contributed by atoms with E-state index in [9.17, 15) is 4.79 Å². The topological polar surface area (TPSA) is 29.1 Å². The van der Waals surface area contributed by atoms with Gasteiger partial charge in [-0.25, -0.2) is 0 Å². The zero-order chi connectivity index (χ0) is 27.3. The summed E-state index contributed by atoms with van der Waals surface area (Å²) in [6.45, 7) is 4.27. The Kier molecular flexibility index (Phi) is 7.71. The molecule has 5 aromatic carbocycles. The fourth-order valence-corrected chi connectivity index (χ4v) is 12.0. The van der Waals surface area contributed by atoms with Crippen LogP contribution in [0.3, 0.4) is 0 Å². The SMILES string of the molecule is CC(C)c1ccccc1NC(=O)c1ccccc1P(Cl)(Cc1ccccc1)(c1ccccc1)c1ccccc1. The van der Waals surface area contributed by atoms with E-state index in [-0.39, 0.29) is 11.8 Å². The molecule has 0 fully saturated rings. The normalized spacial score (nSPS) is 12.5. The second kappa shape index (κ2) is 11.2. The first kappa shape index (κ1) is 26.9. The molecule has 0 unspecified atom stereocenters. The third-order valence-electron chi connectivity index (χ3n) is 7.39. The first-order valence-corrected chi connectivity index (χ1v) is 16.6. The molecule has 0 atom stereocenters. The van der Waals surface area contributed by atoms with Crippen molar-refractivity contribution in [2.45, 2.75) is 25.9 Å². The molecule has 0 heterocycles. The number of carbonyl (C=O) groups excluding carboxylic acids is 1. The third kappa shape index (κ3) is 5.03. The van der Waals surface area contributed by atoms with Gasteiger partial charge in [0.05, 0.1) is 0 Å². The Bertz CT molecular complexity index is 1530. The molecule has 4 heteroatoms. The maximum absolute atomic E-state index is 14.2. The molecular weight excluding hydrogens is 517 g/mol. The predicted molar refractivity (Wildman–Crippen MR) is 170 cm³/mol. The summed E-state index contributed by atoms with van der Waals surface area (Å²) in [6, 6.07) is 46.9. The van der Waals surface area contributed by atoms with Crippen LogP contribution < -0.4 is 21.2 Å². The number of nitrogens with one attached hydrogen (secondary N) is 1. The van der Waals surface area contributed by atoms with Gasteiger partial charge in [0.2, 0.25) is 0 Å². The number of hydrogen-bond donors (Lipinski definition) is 1. The maximum atomic E-state index is 14.2. The van der Waals surface area contributed by atoms with Crippen molar-refractivity contribution in [2.24, 2.45) is 0 Å². The summed E-state index contributed by atoms with van der Waals surface area (Å²) in [4.78, 5) is 14.2. The number of benzene rings is 5. The van der Waals surface area contributed by atoms with Crippen molar-refractivity contribution in [3.05, 3.63) is 156 Å². The van der Waals surface area contributed by atoms with Gasteiger partial charge in [-0.1, -0.05) is 0 Å². The van der Waals surface area contributed by atoms with Gasteiger partial charge in [0.1, 0.15) is 0 Å². The van der Waals surface area contributed by atoms with Crippen LogP contribution in [0.4, 0.5) is 5.69 Å². The molecular formula is C35H33ClNOP. The Labute approximate surface area is 236 Å². The van der Waals surface area contributed by atoms with E-state index in [1.54, 1.807) is 0 Å². The molecule has 1 N–H and O–H groups in total. The molecule has 39 heavy (non-hydrogen) atoms. The van der Waals surface area contributed by atoms with E-state index in [0.29, 0.717) is 11.7 Å². The molecule has 5 rings (SSSR count). The zero-order valence-corrected chi connectivity index (χ0v) is 23.9. The van der Waals surface area contributed by atoms with Gasteiger partial charge in [-0.15, -0.1) is 0 Å². The summed E-state index contributed by atoms with van der Waals surface area (Å²) < 4.78 is 0. The zero-order valence-electron chi connectivity index (χ0n) is 22.3. The Hall–Kier alpha value is -3.71. The molecule has 0 saturated heterocycles. The van der Waals surface area contributed by atoms with Gasteiger partial charge in [-0.05, 0) is 0 Å². The van der Waals surface area contributed by atoms with Crippen LogP contribution >= 0.6 is 17.2 Å². The van der Waals surface area contributed by atoms with Crippen LogP contribution in [0.2, 0.25) is 0 Å². The van der Waals surface area contributed by atoms with E-state index in [1.165, 1.54) is 0 Å². The van der Waals surface area contributed by atoms with E-state index in [2.05, 4.69) is 67.7 Å². The molecule has 196 valence electrons. The molecule has 0 aliphatic carbocycles. The van der Waals surface area contributed by atoms with E-state index in [0.717, 1.165) is 32.7 Å². The van der Waals surface area contributed by atoms with E-state index >= 15 is 0 Å². The quantitative estimate of drug-likeness (QED) is 0.194. The molecule has 0 radical (unpaired) electrons. The standard InChI is InChI=1S/C35H33ClNOP/c1-27(2)31-22-12-14-24-33(31)37-35(38)32-23-13-15-25-34(32)39(36,29-18-8-4-9-19-29,30-20-10-5-11-21-30)26-28-16-6-3-7-17-28/h3-25,27H,26H2,1-2H3,(H,37,38). The van der Waals surface area contributed by atoms with Gasteiger partial charge in [0.25, 0.3) is 0 Å². The number of rotatable bonds is 8. The summed E-state index contributed by atoms with van der Waals surface area (Å²) in [7, 11) is 0. The molecule has 0 aromatic heterocycles. The third-order valence-corrected chi connectivity index (χ3v) is 14.6. The van der Waals surface area contributed by atoms with Crippen LogP contribution in [0.1, 0.15) is 41.3 Å². The minimum absolute atomic E-state index is 0.159. The van der Waals surface area contributed by atoms with Crippen LogP contribution in [-0.4, -0.2) is 5.91 Å². The number of halogens is 1. The number of anilines is 1. The molecule has 0 spiro atoms. The van der Waals surface area contributed by atoms with Crippen molar-refractivity contribution in [1.29, 1.82) is 0 Å². The van der Waals surface area contributed by atoms with Gasteiger partial charge in [0.15, 0.2) is 0 Å². The van der Waals surface area contributed by atoms with Crippen molar-refractivity contribution >= 4 is 44.7 Å². The van der Waals surface area contributed by atoms with Gasteiger partial charge < -0.3 is 0 Å². The minimum atomic E-state index is -3.74. The molecule has 5 aromatic rings. The summed E-state index contributed by atoms with van der Waals surface area (Å²) in [5.74, 6) is -3.63. The number of hydrogen-bond acceptors (Lipinski definition) is 1. The van der Waals surface area contributed by atoms with Crippen LogP contribution in [0.25, 0.3) is 0 Å². The van der Waals surface area contributed by atoms with Crippen molar-refractivity contribution < 1.29 is 4.79 Å². The second-order valence-corrected chi connectivity index (χ2v) is 16.6. The Morgan fingerprint density at radius 1 is 0.667 bits per heavy atom. The fourth-order valence-electron chi connectivity index (χ4n) is 5.48. The Morgan fingerprint density at radius 2 is 1.15 bits per heavy atom. The van der Waals surface area contributed by atoms with Gasteiger partial charge >= 0.3 is 237 Å². The number of para-hydroxylation sites is 1. The van der Waals surface area contributed by atoms with Crippen LogP contribution in [0, 0.1) is 0 Å². The first-order chi connectivity index (χ1) is 18.9. The van der Waals surface area contributed by atoms with E-state index < -0.39 is 5.96 Å². The molecule has 0 bridgehead atoms. The van der Waals surface area contributed by atoms with Crippen molar-refractivity contribution in [1.82, 2.24) is 0 Å². The van der Waals surface area contributed by atoms with Crippen molar-refractivity contribution in [3.63, 3.8) is 0 Å². The van der Waals surface area contributed by atoms with Gasteiger partial charge in [-0.2, -0.15) is 0 Å². The van der Waals surface area contributed by atoms with E-state index in [4.69, 9.17) is 11.2 Å². The van der Waals surface area contributed by atoms with Crippen LogP contribution in [0.15, 0.2) is 140 Å². The van der Waals surface area contributed by atoms with Gasteiger partial charge in [0, 0.05) is 0 Å². The van der Waals surface area contributed by atoms with E-state index in [1.807, 2.05) is 91.0 Å². The summed E-state index contributed by atoms with van der Waals surface area (Å²) in [5, 5.41) is 6.16. The number of carbonyl (C=O) groups is 1. The van der Waals surface area contributed by atoms with Gasteiger partial charge in [-0.3, -0.25) is 0 Å². The van der Waals surface area contributed by atoms with Crippen LogP contribution in [-0.2, 0) is 6.16 Å². The molecule has 0 aliphatic heterocycles. The fraction of sp³-hybridized carbons (Fsp3) is 0.114. The summed E-state index contributed by atoms with van der Waals surface area (Å²) in [6.07, 6.45) is 0.578. The van der Waals surface area contributed by atoms with Crippen molar-refractivity contribution in [3.8, 4) is 0 Å². The van der Waals surface area contributed by atoms with Crippen LogP contribution in [0.5, 0.6) is 0 Å². The Balaban J connectivity index is 1.78. The average molecular weight is 550 g/mol. The predicted octanol–water partition coefficient (Wildman–Crippen LogP) is 8.25. The molecule has 0 aliphatic rings. The van der Waals surface area contributed by atoms with Crippen molar-refractivity contribution in [2.75, 3.05) is 5.32 Å². The average Bonchev–Trinajstić information content (AvgIpc) is 2.99. The molecule has 0 saturated carbocycles. The molecule has 1 amide bonds. The summed E-state index contributed by atoms with van der Waals surface area (Å²) >= 11 is 8.39. The molecule has 2 nitrogen and oxygen atoms in total. The summed E-state index contributed by atoms with van der Waals surface area (Å²) in [5.41, 5.74) is 3.64.